The van der Waals surface area contributed by atoms with Gasteiger partial charge in [-0.1, -0.05) is 159 Å². The Morgan fingerprint density at radius 2 is 1.06 bits per heavy atom. The highest BCUT2D eigenvalue weighted by Crippen LogP contribution is 2.53. The first-order chi connectivity index (χ1) is 25.5. The topological polar surface area (TPSA) is 41.0 Å². The quantitative estimate of drug-likeness (QED) is 0.170. The summed E-state index contributed by atoms with van der Waals surface area (Å²) in [6, 6.07) is 61.8. The predicted molar refractivity (Wildman–Crippen MR) is 214 cm³/mol. The van der Waals surface area contributed by atoms with Crippen LogP contribution in [0, 0.1) is 0 Å². The van der Waals surface area contributed by atoms with E-state index in [2.05, 4.69) is 204 Å². The molecule has 1 aliphatic carbocycles. The van der Waals surface area contributed by atoms with E-state index in [1.54, 1.807) is 0 Å². The SMILES string of the molecule is CC1(C)c2ccccc2-c2c1ccc1c2c2ccccc2n1-c1cccc(C2NC(c3ccccc3)NC(c3ccc(-c4ccccc4)cc3)N2)c1. The zero-order chi connectivity index (χ0) is 34.8. The zero-order valence-corrected chi connectivity index (χ0v) is 29.3. The first-order valence-corrected chi connectivity index (χ1v) is 18.3. The Morgan fingerprint density at radius 1 is 0.462 bits per heavy atom. The normalized spacial score (nSPS) is 19.1. The van der Waals surface area contributed by atoms with Gasteiger partial charge in [0.25, 0.3) is 0 Å². The molecule has 2 aliphatic rings. The highest BCUT2D eigenvalue weighted by Gasteiger charge is 2.37. The van der Waals surface area contributed by atoms with Crippen LogP contribution in [0.3, 0.4) is 0 Å². The fraction of sp³-hybridized carbons (Fsp3) is 0.125. The van der Waals surface area contributed by atoms with E-state index < -0.39 is 0 Å². The van der Waals surface area contributed by atoms with Gasteiger partial charge < -0.3 is 4.57 Å². The summed E-state index contributed by atoms with van der Waals surface area (Å²) in [4.78, 5) is 0. The van der Waals surface area contributed by atoms with Crippen LogP contribution < -0.4 is 16.0 Å². The van der Waals surface area contributed by atoms with Crippen LogP contribution in [0.4, 0.5) is 0 Å². The number of aromatic nitrogens is 1. The molecule has 2 heterocycles. The molecule has 7 aromatic carbocycles. The lowest BCUT2D eigenvalue weighted by atomic mass is 9.82. The standard InChI is InChI=1S/C48H40N4/c1-48(2)39-22-11-9-20-37(39)43-40(48)28-29-42-44(43)38-21-10-12-23-41(38)52(42)36-19-13-18-35(30-36)47-50-45(33-16-7-4-8-17-33)49-46(51-47)34-26-24-32(25-27-34)31-14-5-3-6-15-31/h3-30,45-47,49-51H,1-2H3. The molecule has 3 atom stereocenters. The van der Waals surface area contributed by atoms with Crippen molar-refractivity contribution in [1.82, 2.24) is 20.5 Å². The number of nitrogens with one attached hydrogen (secondary N) is 3. The van der Waals surface area contributed by atoms with Crippen LogP contribution in [-0.4, -0.2) is 4.57 Å². The average Bonchev–Trinajstić information content (AvgIpc) is 3.67. The lowest BCUT2D eigenvalue weighted by molar-refractivity contribution is 0.203. The van der Waals surface area contributed by atoms with Crippen molar-refractivity contribution < 1.29 is 0 Å². The summed E-state index contributed by atoms with van der Waals surface area (Å²) in [5, 5.41) is 14.3. The summed E-state index contributed by atoms with van der Waals surface area (Å²) in [5.74, 6) is 0. The van der Waals surface area contributed by atoms with E-state index in [9.17, 15) is 0 Å². The Labute approximate surface area is 304 Å². The minimum atomic E-state index is -0.102. The van der Waals surface area contributed by atoms with E-state index in [0.29, 0.717) is 0 Å². The van der Waals surface area contributed by atoms with Crippen molar-refractivity contribution in [1.29, 1.82) is 0 Å². The summed E-state index contributed by atoms with van der Waals surface area (Å²) in [6.45, 7) is 4.72. The molecule has 1 aliphatic heterocycles. The maximum absolute atomic E-state index is 3.91. The third-order valence-electron chi connectivity index (χ3n) is 11.3. The van der Waals surface area contributed by atoms with Gasteiger partial charge >= 0.3 is 0 Å². The lowest BCUT2D eigenvalue weighted by Gasteiger charge is -2.39. The van der Waals surface area contributed by atoms with Crippen molar-refractivity contribution >= 4 is 21.8 Å². The summed E-state index contributed by atoms with van der Waals surface area (Å²) < 4.78 is 2.46. The van der Waals surface area contributed by atoms with Gasteiger partial charge in [0.2, 0.25) is 0 Å². The molecule has 252 valence electrons. The maximum atomic E-state index is 3.91. The summed E-state index contributed by atoms with van der Waals surface area (Å²) >= 11 is 0. The first kappa shape index (κ1) is 31.0. The van der Waals surface area contributed by atoms with Crippen LogP contribution in [0.15, 0.2) is 170 Å². The van der Waals surface area contributed by atoms with Gasteiger partial charge in [-0.25, -0.2) is 0 Å². The molecule has 0 radical (unpaired) electrons. The maximum Gasteiger partial charge on any atom is 0.0865 e. The highest BCUT2D eigenvalue weighted by atomic mass is 15.4. The fourth-order valence-corrected chi connectivity index (χ4v) is 8.74. The Bertz CT molecular complexity index is 2580. The Kier molecular flexibility index (Phi) is 7.26. The van der Waals surface area contributed by atoms with E-state index in [-0.39, 0.29) is 23.9 Å². The van der Waals surface area contributed by atoms with Crippen molar-refractivity contribution in [2.24, 2.45) is 0 Å². The molecule has 1 saturated heterocycles. The Balaban J connectivity index is 1.07. The summed E-state index contributed by atoms with van der Waals surface area (Å²) in [6.07, 6.45) is -0.214. The molecule has 0 amide bonds. The van der Waals surface area contributed by atoms with Gasteiger partial charge in [0.1, 0.15) is 0 Å². The van der Waals surface area contributed by atoms with Crippen molar-refractivity contribution in [3.05, 3.63) is 198 Å². The molecular formula is C48H40N4. The van der Waals surface area contributed by atoms with Gasteiger partial charge in [-0.2, -0.15) is 0 Å². The third kappa shape index (κ3) is 4.95. The van der Waals surface area contributed by atoms with Crippen LogP contribution in [0.5, 0.6) is 0 Å². The van der Waals surface area contributed by atoms with Crippen LogP contribution in [0.2, 0.25) is 0 Å². The number of rotatable bonds is 5. The molecule has 1 aromatic heterocycles. The van der Waals surface area contributed by atoms with Gasteiger partial charge in [0, 0.05) is 21.9 Å². The molecule has 52 heavy (non-hydrogen) atoms. The Hall–Kier alpha value is -5.78. The van der Waals surface area contributed by atoms with Gasteiger partial charge in [0.15, 0.2) is 0 Å². The number of para-hydroxylation sites is 1. The van der Waals surface area contributed by atoms with E-state index in [0.717, 1.165) is 5.69 Å². The second-order valence-corrected chi connectivity index (χ2v) is 14.7. The van der Waals surface area contributed by atoms with E-state index in [4.69, 9.17) is 0 Å². The summed E-state index contributed by atoms with van der Waals surface area (Å²) in [5.41, 5.74) is 15.1. The number of benzene rings is 7. The largest absolute Gasteiger partial charge is 0.309 e. The highest BCUT2D eigenvalue weighted by molar-refractivity contribution is 6.17. The number of nitrogens with zero attached hydrogens (tertiary/aromatic N) is 1. The number of hydrogen-bond donors (Lipinski definition) is 3. The monoisotopic (exact) mass is 672 g/mol. The number of hydrogen-bond acceptors (Lipinski definition) is 3. The zero-order valence-electron chi connectivity index (χ0n) is 29.3. The molecule has 4 heteroatoms. The second kappa shape index (κ2) is 12.2. The van der Waals surface area contributed by atoms with Gasteiger partial charge in [-0.15, -0.1) is 0 Å². The molecule has 8 aromatic rings. The minimum Gasteiger partial charge on any atom is -0.309 e. The van der Waals surface area contributed by atoms with Crippen LogP contribution in [-0.2, 0) is 5.41 Å². The molecule has 4 nitrogen and oxygen atoms in total. The van der Waals surface area contributed by atoms with E-state index in [1.165, 1.54) is 71.9 Å². The fourth-order valence-electron chi connectivity index (χ4n) is 8.74. The lowest BCUT2D eigenvalue weighted by Crippen LogP contribution is -2.54. The van der Waals surface area contributed by atoms with E-state index >= 15 is 0 Å². The molecule has 10 rings (SSSR count). The molecule has 0 bridgehead atoms. The van der Waals surface area contributed by atoms with Crippen molar-refractivity contribution in [3.63, 3.8) is 0 Å². The van der Waals surface area contributed by atoms with Crippen LogP contribution in [0.25, 0.3) is 49.7 Å². The van der Waals surface area contributed by atoms with Crippen LogP contribution in [0.1, 0.15) is 60.2 Å². The average molecular weight is 673 g/mol. The molecule has 0 saturated carbocycles. The van der Waals surface area contributed by atoms with Crippen molar-refractivity contribution in [3.8, 4) is 27.9 Å². The van der Waals surface area contributed by atoms with Crippen molar-refractivity contribution in [2.45, 2.75) is 37.8 Å². The van der Waals surface area contributed by atoms with E-state index in [1.807, 2.05) is 0 Å². The smallest absolute Gasteiger partial charge is 0.0865 e. The minimum absolute atomic E-state index is 0.0471. The molecule has 1 fully saturated rings. The van der Waals surface area contributed by atoms with Crippen LogP contribution >= 0.6 is 0 Å². The second-order valence-electron chi connectivity index (χ2n) is 14.7. The predicted octanol–water partition coefficient (Wildman–Crippen LogP) is 10.9. The molecule has 3 unspecified atom stereocenters. The Morgan fingerprint density at radius 3 is 1.83 bits per heavy atom. The third-order valence-corrected chi connectivity index (χ3v) is 11.3. The molecular weight excluding hydrogens is 633 g/mol. The molecule has 0 spiro atoms. The summed E-state index contributed by atoms with van der Waals surface area (Å²) in [7, 11) is 0. The van der Waals surface area contributed by atoms with Gasteiger partial charge in [-0.3, -0.25) is 16.0 Å². The number of fused-ring (bicyclic) bond motifs is 7. The van der Waals surface area contributed by atoms with Crippen molar-refractivity contribution in [2.75, 3.05) is 0 Å². The van der Waals surface area contributed by atoms with Gasteiger partial charge in [0.05, 0.1) is 29.5 Å². The first-order valence-electron chi connectivity index (χ1n) is 18.3. The molecule has 3 N–H and O–H groups in total. The van der Waals surface area contributed by atoms with Gasteiger partial charge in [-0.05, 0) is 74.3 Å².